The molecule has 0 saturated heterocycles. The molecular weight excluding hydrogens is 452 g/mol. The molecule has 2 aromatic carbocycles. The monoisotopic (exact) mass is 482 g/mol. The largest absolute Gasteiger partial charge is 0.396 e. The van der Waals surface area contributed by atoms with Crippen LogP contribution in [0.5, 0.6) is 0 Å². The number of carbonyl (C=O) groups is 1. The van der Waals surface area contributed by atoms with Crippen LogP contribution in [-0.2, 0) is 17.8 Å². The number of benzene rings is 2. The summed E-state index contributed by atoms with van der Waals surface area (Å²) in [7, 11) is 0. The van der Waals surface area contributed by atoms with Crippen molar-refractivity contribution in [3.8, 4) is 11.4 Å². The quantitative estimate of drug-likeness (QED) is 0.477. The van der Waals surface area contributed by atoms with Crippen molar-refractivity contribution in [3.05, 3.63) is 74.7 Å². The van der Waals surface area contributed by atoms with Crippen LogP contribution in [-0.4, -0.2) is 40.3 Å². The van der Waals surface area contributed by atoms with E-state index in [0.717, 1.165) is 24.3 Å². The van der Waals surface area contributed by atoms with Gasteiger partial charge in [0.05, 0.1) is 0 Å². The molecule has 0 aliphatic heterocycles. The first-order valence-corrected chi connectivity index (χ1v) is 11.8. The van der Waals surface area contributed by atoms with Crippen molar-refractivity contribution in [2.45, 2.75) is 40.7 Å². The zero-order valence-corrected chi connectivity index (χ0v) is 20.8. The van der Waals surface area contributed by atoms with E-state index >= 15 is 0 Å². The maximum atomic E-state index is 13.3. The molecule has 180 valence electrons. The van der Waals surface area contributed by atoms with Crippen molar-refractivity contribution in [2.24, 2.45) is 0 Å². The van der Waals surface area contributed by atoms with Gasteiger partial charge in [-0.2, -0.15) is 0 Å². The Morgan fingerprint density at radius 2 is 1.88 bits per heavy atom. The number of nitrogens with zero attached hydrogens (tertiary/aromatic N) is 3. The van der Waals surface area contributed by atoms with Gasteiger partial charge in [-0.15, -0.1) is 0 Å². The van der Waals surface area contributed by atoms with Crippen LogP contribution < -0.4 is 15.8 Å². The predicted octanol–water partition coefficient (Wildman–Crippen LogP) is 4.20. The Kier molecular flexibility index (Phi) is 8.47. The predicted molar refractivity (Wildman–Crippen MR) is 138 cm³/mol. The first-order valence-electron chi connectivity index (χ1n) is 11.4. The standard InChI is InChI=1S/C26H31ClN4O3/c1-5-30(6-2)21-10-11-23(17(3)14-21)29-24(33)16-31-25(19-8-7-9-20(27)15-19)28-18(4)22(12-13-32)26(31)34/h7-11,14-15,32H,5-6,12-13,16H2,1-4H3,(H,29,33). The van der Waals surface area contributed by atoms with E-state index in [4.69, 9.17) is 11.6 Å². The van der Waals surface area contributed by atoms with E-state index in [9.17, 15) is 14.7 Å². The molecule has 0 aliphatic carbocycles. The minimum atomic E-state index is -0.347. The second kappa shape index (κ2) is 11.3. The van der Waals surface area contributed by atoms with Crippen LogP contribution in [0.25, 0.3) is 11.4 Å². The lowest BCUT2D eigenvalue weighted by Crippen LogP contribution is -2.33. The summed E-state index contributed by atoms with van der Waals surface area (Å²) in [5.41, 5.74) is 3.92. The number of hydrogen-bond donors (Lipinski definition) is 2. The molecule has 8 heteroatoms. The maximum absolute atomic E-state index is 13.3. The van der Waals surface area contributed by atoms with Gasteiger partial charge in [0.15, 0.2) is 0 Å². The zero-order chi connectivity index (χ0) is 24.8. The number of anilines is 2. The molecule has 0 fully saturated rings. The second-order valence-electron chi connectivity index (χ2n) is 8.09. The van der Waals surface area contributed by atoms with Crippen LogP contribution in [0.15, 0.2) is 47.3 Å². The molecule has 7 nitrogen and oxygen atoms in total. The highest BCUT2D eigenvalue weighted by molar-refractivity contribution is 6.30. The molecule has 0 saturated carbocycles. The molecule has 0 bridgehead atoms. The molecule has 1 aromatic heterocycles. The number of aliphatic hydroxyl groups is 1. The topological polar surface area (TPSA) is 87.5 Å². The molecule has 0 atom stereocenters. The van der Waals surface area contributed by atoms with Crippen LogP contribution in [0.4, 0.5) is 11.4 Å². The number of carbonyl (C=O) groups excluding carboxylic acids is 1. The Balaban J connectivity index is 1.96. The van der Waals surface area contributed by atoms with Crippen molar-refractivity contribution in [1.29, 1.82) is 0 Å². The second-order valence-corrected chi connectivity index (χ2v) is 8.53. The van der Waals surface area contributed by atoms with Crippen molar-refractivity contribution in [3.63, 3.8) is 0 Å². The number of amides is 1. The average molecular weight is 483 g/mol. The van der Waals surface area contributed by atoms with Gasteiger partial charge in [0.2, 0.25) is 5.91 Å². The summed E-state index contributed by atoms with van der Waals surface area (Å²) in [6.07, 6.45) is 0.168. The van der Waals surface area contributed by atoms with Crippen molar-refractivity contribution >= 4 is 28.9 Å². The van der Waals surface area contributed by atoms with Crippen molar-refractivity contribution in [1.82, 2.24) is 9.55 Å². The van der Waals surface area contributed by atoms with E-state index in [0.29, 0.717) is 33.4 Å². The molecule has 0 aliphatic rings. The highest BCUT2D eigenvalue weighted by Gasteiger charge is 2.18. The van der Waals surface area contributed by atoms with Crippen LogP contribution in [0.1, 0.15) is 30.7 Å². The first-order chi connectivity index (χ1) is 16.3. The molecule has 34 heavy (non-hydrogen) atoms. The van der Waals surface area contributed by atoms with Gasteiger partial charge < -0.3 is 15.3 Å². The third-order valence-corrected chi connectivity index (χ3v) is 6.06. The molecule has 3 rings (SSSR count). The highest BCUT2D eigenvalue weighted by atomic mass is 35.5. The minimum absolute atomic E-state index is 0.168. The van der Waals surface area contributed by atoms with Gasteiger partial charge >= 0.3 is 0 Å². The maximum Gasteiger partial charge on any atom is 0.257 e. The molecule has 1 heterocycles. The van der Waals surface area contributed by atoms with Gasteiger partial charge in [0.25, 0.3) is 5.56 Å². The SMILES string of the molecule is CCN(CC)c1ccc(NC(=O)Cn2c(-c3cccc(Cl)c3)nc(C)c(CCO)c2=O)c(C)c1. The first kappa shape index (κ1) is 25.5. The summed E-state index contributed by atoms with van der Waals surface area (Å²) in [5, 5.41) is 12.8. The van der Waals surface area contributed by atoms with E-state index in [1.54, 1.807) is 31.2 Å². The number of halogens is 1. The number of rotatable bonds is 9. The Labute approximate surface area is 205 Å². The highest BCUT2D eigenvalue weighted by Crippen LogP contribution is 2.24. The van der Waals surface area contributed by atoms with Gasteiger partial charge in [0, 0.05) is 59.3 Å². The van der Waals surface area contributed by atoms with Crippen LogP contribution in [0, 0.1) is 13.8 Å². The number of nitrogens with one attached hydrogen (secondary N) is 1. The molecule has 0 spiro atoms. The summed E-state index contributed by atoms with van der Waals surface area (Å²) >= 11 is 6.16. The summed E-state index contributed by atoms with van der Waals surface area (Å²) < 4.78 is 1.35. The third-order valence-electron chi connectivity index (χ3n) is 5.83. The Hall–Kier alpha value is -3.16. The number of aliphatic hydroxyl groups excluding tert-OH is 1. The van der Waals surface area contributed by atoms with E-state index in [1.165, 1.54) is 4.57 Å². The molecular formula is C26H31ClN4O3. The lowest BCUT2D eigenvalue weighted by Gasteiger charge is -2.22. The van der Waals surface area contributed by atoms with E-state index in [-0.39, 0.29) is 31.0 Å². The Bertz CT molecular complexity index is 1240. The van der Waals surface area contributed by atoms with Crippen LogP contribution in [0.2, 0.25) is 5.02 Å². The normalized spacial score (nSPS) is 10.9. The molecule has 2 N–H and O–H groups in total. The number of hydrogen-bond acceptors (Lipinski definition) is 5. The third kappa shape index (κ3) is 5.66. The Morgan fingerprint density at radius 3 is 2.50 bits per heavy atom. The summed E-state index contributed by atoms with van der Waals surface area (Å²) in [4.78, 5) is 33.2. The van der Waals surface area contributed by atoms with Gasteiger partial charge in [0.1, 0.15) is 12.4 Å². The fourth-order valence-electron chi connectivity index (χ4n) is 4.00. The van der Waals surface area contributed by atoms with Crippen LogP contribution >= 0.6 is 11.6 Å². The van der Waals surface area contributed by atoms with Gasteiger partial charge in [-0.25, -0.2) is 4.98 Å². The lowest BCUT2D eigenvalue weighted by atomic mass is 10.1. The van der Waals surface area contributed by atoms with E-state index in [2.05, 4.69) is 29.0 Å². The number of aryl methyl sites for hydroxylation is 2. The van der Waals surface area contributed by atoms with Gasteiger partial charge in [-0.05, 0) is 63.6 Å². The van der Waals surface area contributed by atoms with E-state index in [1.807, 2.05) is 25.1 Å². The Morgan fingerprint density at radius 1 is 1.15 bits per heavy atom. The fourth-order valence-corrected chi connectivity index (χ4v) is 4.19. The number of aromatic nitrogens is 2. The average Bonchev–Trinajstić information content (AvgIpc) is 2.81. The molecule has 3 aromatic rings. The van der Waals surface area contributed by atoms with Gasteiger partial charge in [-0.1, -0.05) is 23.7 Å². The smallest absolute Gasteiger partial charge is 0.257 e. The van der Waals surface area contributed by atoms with Crippen molar-refractivity contribution < 1.29 is 9.90 Å². The molecule has 0 radical (unpaired) electrons. The van der Waals surface area contributed by atoms with E-state index < -0.39 is 0 Å². The van der Waals surface area contributed by atoms with Gasteiger partial charge in [-0.3, -0.25) is 14.2 Å². The summed E-state index contributed by atoms with van der Waals surface area (Å²) in [6.45, 7) is 9.27. The zero-order valence-electron chi connectivity index (χ0n) is 20.1. The minimum Gasteiger partial charge on any atom is -0.396 e. The van der Waals surface area contributed by atoms with Crippen LogP contribution in [0.3, 0.4) is 0 Å². The molecule has 1 amide bonds. The van der Waals surface area contributed by atoms with Crippen molar-refractivity contribution in [2.75, 3.05) is 29.9 Å². The summed E-state index contributed by atoms with van der Waals surface area (Å²) in [6, 6.07) is 12.9. The lowest BCUT2D eigenvalue weighted by molar-refractivity contribution is -0.116. The molecule has 0 unspecified atom stereocenters. The summed E-state index contributed by atoms with van der Waals surface area (Å²) in [5.74, 6) is 0.0140. The fraction of sp³-hybridized carbons (Fsp3) is 0.346.